The Bertz CT molecular complexity index is 317. The van der Waals surface area contributed by atoms with Gasteiger partial charge in [-0.15, -0.1) is 6.58 Å². The van der Waals surface area contributed by atoms with Crippen molar-refractivity contribution >= 4 is 11.9 Å². The Hall–Kier alpha value is -1.36. The normalized spacial score (nSPS) is 24.1. The van der Waals surface area contributed by atoms with Gasteiger partial charge in [-0.3, -0.25) is 9.59 Å². The number of nitrogens with zero attached hydrogens (tertiary/aromatic N) is 1. The van der Waals surface area contributed by atoms with Crippen molar-refractivity contribution in [2.75, 3.05) is 13.1 Å². The van der Waals surface area contributed by atoms with Gasteiger partial charge in [0.1, 0.15) is 6.54 Å². The van der Waals surface area contributed by atoms with E-state index in [2.05, 4.69) is 6.58 Å². The van der Waals surface area contributed by atoms with Crippen molar-refractivity contribution in [3.8, 4) is 0 Å². The fraction of sp³-hybridized carbons (Fsp3) is 0.692. The highest BCUT2D eigenvalue weighted by molar-refractivity contribution is 5.83. The minimum absolute atomic E-state index is 0.147. The topological polar surface area (TPSA) is 83.6 Å². The van der Waals surface area contributed by atoms with Crippen LogP contribution < -0.4 is 5.73 Å². The Morgan fingerprint density at radius 2 is 2.00 bits per heavy atom. The quantitative estimate of drug-likeness (QED) is 0.566. The van der Waals surface area contributed by atoms with Crippen LogP contribution in [0.3, 0.4) is 0 Å². The van der Waals surface area contributed by atoms with E-state index in [0.29, 0.717) is 0 Å². The second-order valence-electron chi connectivity index (χ2n) is 4.81. The summed E-state index contributed by atoms with van der Waals surface area (Å²) in [6, 6.07) is -0.152. The first kappa shape index (κ1) is 14.7. The van der Waals surface area contributed by atoms with Crippen molar-refractivity contribution in [1.82, 2.24) is 4.90 Å². The van der Waals surface area contributed by atoms with E-state index >= 15 is 0 Å². The predicted molar refractivity (Wildman–Crippen MR) is 69.0 cm³/mol. The summed E-state index contributed by atoms with van der Waals surface area (Å²) in [4.78, 5) is 24.4. The second-order valence-corrected chi connectivity index (χ2v) is 4.81. The summed E-state index contributed by atoms with van der Waals surface area (Å²) in [5, 5.41) is 8.82. The number of rotatable bonds is 5. The average Bonchev–Trinajstić information content (AvgIpc) is 2.52. The van der Waals surface area contributed by atoms with Gasteiger partial charge in [-0.05, 0) is 12.8 Å². The molecule has 0 spiro atoms. The molecular weight excluding hydrogens is 232 g/mol. The first-order valence-electron chi connectivity index (χ1n) is 6.43. The van der Waals surface area contributed by atoms with Crippen molar-refractivity contribution < 1.29 is 14.7 Å². The molecule has 1 rings (SSSR count). The van der Waals surface area contributed by atoms with Crippen molar-refractivity contribution in [3.05, 3.63) is 12.7 Å². The van der Waals surface area contributed by atoms with Crippen LogP contribution in [-0.4, -0.2) is 41.0 Å². The molecule has 0 aliphatic heterocycles. The van der Waals surface area contributed by atoms with E-state index in [1.807, 2.05) is 0 Å². The SMILES string of the molecule is C=CCN(CC(=O)O)C(=O)C1CCCCCC1N. The Labute approximate surface area is 108 Å². The van der Waals surface area contributed by atoms with Crippen LogP contribution in [0.2, 0.25) is 0 Å². The lowest BCUT2D eigenvalue weighted by Crippen LogP contribution is -2.45. The summed E-state index contributed by atoms with van der Waals surface area (Å²) in [5.41, 5.74) is 6.02. The van der Waals surface area contributed by atoms with Crippen molar-refractivity contribution in [2.45, 2.75) is 38.1 Å². The van der Waals surface area contributed by atoms with Gasteiger partial charge in [0.05, 0.1) is 5.92 Å². The molecule has 2 atom stereocenters. The van der Waals surface area contributed by atoms with Crippen LogP contribution in [0.1, 0.15) is 32.1 Å². The van der Waals surface area contributed by atoms with Crippen LogP contribution in [0.5, 0.6) is 0 Å². The number of amides is 1. The molecule has 0 aromatic rings. The second kappa shape index (κ2) is 7.16. The molecule has 1 aliphatic rings. The Morgan fingerprint density at radius 3 is 2.61 bits per heavy atom. The highest BCUT2D eigenvalue weighted by Crippen LogP contribution is 2.24. The minimum atomic E-state index is -1.01. The van der Waals surface area contributed by atoms with Gasteiger partial charge in [0.15, 0.2) is 0 Å². The molecule has 1 fully saturated rings. The molecule has 0 aromatic carbocycles. The zero-order chi connectivity index (χ0) is 13.5. The molecule has 18 heavy (non-hydrogen) atoms. The maximum atomic E-state index is 12.3. The van der Waals surface area contributed by atoms with E-state index in [1.165, 1.54) is 4.90 Å². The lowest BCUT2D eigenvalue weighted by atomic mass is 9.94. The van der Waals surface area contributed by atoms with E-state index < -0.39 is 5.97 Å². The maximum Gasteiger partial charge on any atom is 0.323 e. The summed E-state index contributed by atoms with van der Waals surface area (Å²) in [7, 11) is 0. The Kier molecular flexibility index (Phi) is 5.85. The van der Waals surface area contributed by atoms with Gasteiger partial charge in [0, 0.05) is 12.6 Å². The van der Waals surface area contributed by atoms with Crippen LogP contribution in [0.25, 0.3) is 0 Å². The van der Waals surface area contributed by atoms with Gasteiger partial charge in [-0.25, -0.2) is 0 Å². The van der Waals surface area contributed by atoms with E-state index in [0.717, 1.165) is 32.1 Å². The third kappa shape index (κ3) is 4.14. The Morgan fingerprint density at radius 1 is 1.33 bits per heavy atom. The fourth-order valence-corrected chi connectivity index (χ4v) is 2.43. The molecule has 5 heteroatoms. The molecular formula is C13H22N2O3. The standard InChI is InChI=1S/C13H22N2O3/c1-2-8-15(9-12(16)17)13(18)10-6-4-3-5-7-11(10)14/h2,10-11H,1,3-9,14H2,(H,16,17). The molecule has 5 nitrogen and oxygen atoms in total. The van der Waals surface area contributed by atoms with Gasteiger partial charge < -0.3 is 15.7 Å². The molecule has 0 bridgehead atoms. The number of aliphatic carboxylic acids is 1. The van der Waals surface area contributed by atoms with E-state index in [4.69, 9.17) is 10.8 Å². The number of hydrogen-bond donors (Lipinski definition) is 2. The van der Waals surface area contributed by atoms with Gasteiger partial charge in [-0.1, -0.05) is 25.3 Å². The van der Waals surface area contributed by atoms with Crippen LogP contribution in [0.15, 0.2) is 12.7 Å². The number of carboxylic acid groups (broad SMARTS) is 1. The van der Waals surface area contributed by atoms with Crippen LogP contribution >= 0.6 is 0 Å². The first-order chi connectivity index (χ1) is 8.56. The smallest absolute Gasteiger partial charge is 0.323 e. The van der Waals surface area contributed by atoms with Gasteiger partial charge in [-0.2, -0.15) is 0 Å². The zero-order valence-electron chi connectivity index (χ0n) is 10.7. The number of hydrogen-bond acceptors (Lipinski definition) is 3. The first-order valence-corrected chi connectivity index (χ1v) is 6.43. The largest absolute Gasteiger partial charge is 0.480 e. The van der Waals surface area contributed by atoms with Crippen molar-refractivity contribution in [2.24, 2.45) is 11.7 Å². The summed E-state index contributed by atoms with van der Waals surface area (Å²) >= 11 is 0. The summed E-state index contributed by atoms with van der Waals surface area (Å²) < 4.78 is 0. The molecule has 2 unspecified atom stereocenters. The molecule has 0 aromatic heterocycles. The third-order valence-electron chi connectivity index (χ3n) is 3.37. The van der Waals surface area contributed by atoms with Crippen LogP contribution in [-0.2, 0) is 9.59 Å². The van der Waals surface area contributed by atoms with Crippen molar-refractivity contribution in [1.29, 1.82) is 0 Å². The van der Waals surface area contributed by atoms with Gasteiger partial charge in [0.25, 0.3) is 0 Å². The maximum absolute atomic E-state index is 12.3. The zero-order valence-corrected chi connectivity index (χ0v) is 10.7. The monoisotopic (exact) mass is 254 g/mol. The van der Waals surface area contributed by atoms with Crippen LogP contribution in [0.4, 0.5) is 0 Å². The average molecular weight is 254 g/mol. The lowest BCUT2D eigenvalue weighted by Gasteiger charge is -2.27. The summed E-state index contributed by atoms with van der Waals surface area (Å²) in [6.45, 7) is 3.53. The predicted octanol–water partition coefficient (Wildman–Crippen LogP) is 0.993. The molecule has 3 N–H and O–H groups in total. The third-order valence-corrected chi connectivity index (χ3v) is 3.37. The fourth-order valence-electron chi connectivity index (χ4n) is 2.43. The molecule has 0 radical (unpaired) electrons. The number of carbonyl (C=O) groups excluding carboxylic acids is 1. The van der Waals surface area contributed by atoms with E-state index in [1.54, 1.807) is 6.08 Å². The van der Waals surface area contributed by atoms with Gasteiger partial charge in [0.2, 0.25) is 5.91 Å². The van der Waals surface area contributed by atoms with E-state index in [-0.39, 0.29) is 31.0 Å². The number of nitrogens with two attached hydrogens (primary N) is 1. The minimum Gasteiger partial charge on any atom is -0.480 e. The highest BCUT2D eigenvalue weighted by Gasteiger charge is 2.30. The van der Waals surface area contributed by atoms with Crippen molar-refractivity contribution in [3.63, 3.8) is 0 Å². The number of carboxylic acids is 1. The Balaban J connectivity index is 2.72. The summed E-state index contributed by atoms with van der Waals surface area (Å²) in [5.74, 6) is -1.40. The molecule has 1 saturated carbocycles. The highest BCUT2D eigenvalue weighted by atomic mass is 16.4. The molecule has 1 aliphatic carbocycles. The molecule has 102 valence electrons. The summed E-state index contributed by atoms with van der Waals surface area (Å²) in [6.07, 6.45) is 6.27. The van der Waals surface area contributed by atoms with Crippen LogP contribution in [0, 0.1) is 5.92 Å². The molecule has 1 amide bonds. The molecule has 0 heterocycles. The lowest BCUT2D eigenvalue weighted by molar-refractivity contribution is -0.146. The molecule has 0 saturated heterocycles. The van der Waals surface area contributed by atoms with E-state index in [9.17, 15) is 9.59 Å². The van der Waals surface area contributed by atoms with Gasteiger partial charge >= 0.3 is 5.97 Å². The number of carbonyl (C=O) groups is 2.